The van der Waals surface area contributed by atoms with Crippen molar-refractivity contribution < 1.29 is 9.13 Å². The Balaban J connectivity index is 1.91. The molecule has 0 aliphatic heterocycles. The van der Waals surface area contributed by atoms with E-state index in [9.17, 15) is 9.13 Å². The van der Waals surface area contributed by atoms with Gasteiger partial charge in [0.2, 0.25) is 0 Å². The van der Waals surface area contributed by atoms with Gasteiger partial charge >= 0.3 is 0 Å². The first-order chi connectivity index (χ1) is 15.5. The van der Waals surface area contributed by atoms with Crippen molar-refractivity contribution in [2.75, 3.05) is 0 Å². The van der Waals surface area contributed by atoms with Gasteiger partial charge < -0.3 is 9.13 Å². The number of rotatable bonds is 7. The lowest BCUT2D eigenvalue weighted by Gasteiger charge is -2.35. The van der Waals surface area contributed by atoms with Crippen molar-refractivity contribution in [3.05, 3.63) is 121 Å². The number of hydrogen-bond donors (Lipinski definition) is 0. The van der Waals surface area contributed by atoms with Gasteiger partial charge in [0.05, 0.1) is 0 Å². The first kappa shape index (κ1) is 22.5. The second-order valence-electron chi connectivity index (χ2n) is 8.14. The van der Waals surface area contributed by atoms with Crippen LogP contribution in [-0.4, -0.2) is 11.3 Å². The highest BCUT2D eigenvalue weighted by Crippen LogP contribution is 2.59. The third-order valence-electron chi connectivity index (χ3n) is 6.40. The summed E-state index contributed by atoms with van der Waals surface area (Å²) in [5.74, 6) is 0. The molecule has 4 heteroatoms. The van der Waals surface area contributed by atoms with Gasteiger partial charge in [-0.2, -0.15) is 0 Å². The fourth-order valence-electron chi connectivity index (χ4n) is 4.44. The van der Waals surface area contributed by atoms with Gasteiger partial charge in [-0.15, -0.1) is 0 Å². The minimum Gasteiger partial charge on any atom is -0.313 e. The van der Waals surface area contributed by atoms with E-state index in [0.29, 0.717) is 0 Å². The summed E-state index contributed by atoms with van der Waals surface area (Å²) in [4.78, 5) is 0. The average Bonchev–Trinajstić information content (AvgIpc) is 2.89. The first-order valence-electron chi connectivity index (χ1n) is 10.9. The standard InChI is InChI=1S/C28H28O2P2/c1-23(31(29,25-15-7-3-8-16-25)26-17-9-4-10-18-26)24(2)32(30,27-19-11-5-12-20-27)28-21-13-6-14-22-28/h3-24H,1-2H3/t23-,24-/m0/s1. The molecule has 0 radical (unpaired) electrons. The largest absolute Gasteiger partial charge is 0.313 e. The van der Waals surface area contributed by atoms with E-state index in [1.54, 1.807) is 0 Å². The summed E-state index contributed by atoms with van der Waals surface area (Å²) in [6.45, 7) is 4.01. The molecule has 0 aromatic heterocycles. The molecule has 0 spiro atoms. The number of benzene rings is 4. The Morgan fingerprint density at radius 2 is 0.594 bits per heavy atom. The molecule has 0 bridgehead atoms. The highest BCUT2D eigenvalue weighted by Gasteiger charge is 2.45. The van der Waals surface area contributed by atoms with Gasteiger partial charge in [0.25, 0.3) is 0 Å². The molecular weight excluding hydrogens is 430 g/mol. The van der Waals surface area contributed by atoms with E-state index in [1.807, 2.05) is 135 Å². The summed E-state index contributed by atoms with van der Waals surface area (Å²) in [5.41, 5.74) is -0.669. The van der Waals surface area contributed by atoms with Gasteiger partial charge in [-0.1, -0.05) is 135 Å². The third kappa shape index (κ3) is 3.95. The van der Waals surface area contributed by atoms with Gasteiger partial charge in [0.15, 0.2) is 0 Å². The van der Waals surface area contributed by atoms with Crippen molar-refractivity contribution in [2.24, 2.45) is 0 Å². The highest BCUT2D eigenvalue weighted by atomic mass is 31.2. The van der Waals surface area contributed by atoms with E-state index in [2.05, 4.69) is 0 Å². The third-order valence-corrected chi connectivity index (χ3v) is 14.1. The Labute approximate surface area is 191 Å². The second-order valence-corrected chi connectivity index (χ2v) is 14.5. The van der Waals surface area contributed by atoms with Crippen LogP contribution in [0.15, 0.2) is 121 Å². The number of hydrogen-bond acceptors (Lipinski definition) is 2. The van der Waals surface area contributed by atoms with Crippen molar-refractivity contribution >= 4 is 35.5 Å². The van der Waals surface area contributed by atoms with Crippen LogP contribution in [0.25, 0.3) is 0 Å². The molecule has 32 heavy (non-hydrogen) atoms. The van der Waals surface area contributed by atoms with Crippen molar-refractivity contribution in [1.82, 2.24) is 0 Å². The van der Waals surface area contributed by atoms with Gasteiger partial charge in [-0.05, 0) is 0 Å². The van der Waals surface area contributed by atoms with Crippen molar-refractivity contribution in [2.45, 2.75) is 25.2 Å². The predicted molar refractivity (Wildman–Crippen MR) is 138 cm³/mol. The summed E-state index contributed by atoms with van der Waals surface area (Å²) in [5, 5.41) is 3.22. The van der Waals surface area contributed by atoms with Gasteiger partial charge in [-0.3, -0.25) is 0 Å². The normalized spacial score (nSPS) is 13.9. The van der Waals surface area contributed by atoms with Crippen LogP contribution in [0, 0.1) is 0 Å². The predicted octanol–water partition coefficient (Wildman–Crippen LogP) is 5.79. The zero-order valence-electron chi connectivity index (χ0n) is 18.4. The Morgan fingerprint density at radius 1 is 0.406 bits per heavy atom. The molecule has 4 rings (SSSR count). The maximum atomic E-state index is 14.9. The quantitative estimate of drug-likeness (QED) is 0.329. The fraction of sp³-hybridized carbons (Fsp3) is 0.143. The molecule has 162 valence electrons. The zero-order valence-corrected chi connectivity index (χ0v) is 20.2. The molecule has 0 fully saturated rings. The van der Waals surface area contributed by atoms with E-state index in [4.69, 9.17) is 0 Å². The van der Waals surface area contributed by atoms with Crippen LogP contribution in [-0.2, 0) is 9.13 Å². The molecule has 2 atom stereocenters. The van der Waals surface area contributed by atoms with Crippen LogP contribution in [0.3, 0.4) is 0 Å². The molecule has 0 heterocycles. The van der Waals surface area contributed by atoms with E-state index in [0.717, 1.165) is 21.2 Å². The van der Waals surface area contributed by atoms with E-state index >= 15 is 0 Å². The van der Waals surface area contributed by atoms with Crippen LogP contribution in [0.1, 0.15) is 13.8 Å². The summed E-state index contributed by atoms with van der Waals surface area (Å²) >= 11 is 0. The minimum atomic E-state index is -3.08. The Hall–Kier alpha value is -2.66. The molecular formula is C28H28O2P2. The Kier molecular flexibility index (Phi) is 6.66. The molecule has 0 aliphatic rings. The second kappa shape index (κ2) is 9.45. The van der Waals surface area contributed by atoms with Crippen LogP contribution < -0.4 is 21.2 Å². The molecule has 2 nitrogen and oxygen atoms in total. The molecule has 0 unspecified atom stereocenters. The molecule has 0 saturated heterocycles. The smallest absolute Gasteiger partial charge is 0.146 e. The first-order valence-corrected chi connectivity index (χ1v) is 14.5. The van der Waals surface area contributed by atoms with Crippen molar-refractivity contribution in [3.8, 4) is 0 Å². The average molecular weight is 458 g/mol. The van der Waals surface area contributed by atoms with Crippen molar-refractivity contribution in [1.29, 1.82) is 0 Å². The van der Waals surface area contributed by atoms with Crippen LogP contribution in [0.4, 0.5) is 0 Å². The van der Waals surface area contributed by atoms with Crippen LogP contribution in [0.2, 0.25) is 0 Å². The lowest BCUT2D eigenvalue weighted by atomic mass is 10.3. The monoisotopic (exact) mass is 458 g/mol. The molecule has 0 N–H and O–H groups in total. The maximum absolute atomic E-state index is 14.9. The molecule has 0 saturated carbocycles. The highest BCUT2D eigenvalue weighted by molar-refractivity contribution is 7.83. The van der Waals surface area contributed by atoms with Crippen LogP contribution >= 0.6 is 14.3 Å². The summed E-state index contributed by atoms with van der Waals surface area (Å²) in [7, 11) is -6.16. The fourth-order valence-corrected chi connectivity index (χ4v) is 11.7. The molecule has 4 aromatic rings. The lowest BCUT2D eigenvalue weighted by Crippen LogP contribution is -2.36. The van der Waals surface area contributed by atoms with E-state index in [1.165, 1.54) is 0 Å². The Bertz CT molecular complexity index is 1050. The molecule has 0 aliphatic carbocycles. The minimum absolute atomic E-state index is 0.335. The van der Waals surface area contributed by atoms with Gasteiger partial charge in [-0.25, -0.2) is 0 Å². The van der Waals surface area contributed by atoms with E-state index in [-0.39, 0.29) is 11.3 Å². The van der Waals surface area contributed by atoms with Crippen LogP contribution in [0.5, 0.6) is 0 Å². The van der Waals surface area contributed by atoms with Gasteiger partial charge in [0.1, 0.15) is 14.3 Å². The summed E-state index contributed by atoms with van der Waals surface area (Å²) < 4.78 is 29.9. The topological polar surface area (TPSA) is 34.1 Å². The zero-order chi connectivity index (χ0) is 22.6. The van der Waals surface area contributed by atoms with Crippen molar-refractivity contribution in [3.63, 3.8) is 0 Å². The van der Waals surface area contributed by atoms with E-state index < -0.39 is 14.3 Å². The maximum Gasteiger partial charge on any atom is 0.146 e. The lowest BCUT2D eigenvalue weighted by molar-refractivity contribution is 0.565. The van der Waals surface area contributed by atoms with Gasteiger partial charge in [0, 0.05) is 32.5 Å². The summed E-state index contributed by atoms with van der Waals surface area (Å²) in [6.07, 6.45) is 0. The Morgan fingerprint density at radius 3 is 0.781 bits per heavy atom. The SMILES string of the molecule is C[C@@H]([C@H](C)P(=O)(c1ccccc1)c1ccccc1)P(=O)(c1ccccc1)c1ccccc1. The molecule has 0 amide bonds. The summed E-state index contributed by atoms with van der Waals surface area (Å²) in [6, 6.07) is 38.7. The molecule has 4 aromatic carbocycles.